The lowest BCUT2D eigenvalue weighted by Crippen LogP contribution is -2.31. The average Bonchev–Trinajstić information content (AvgIpc) is 3.05. The fourth-order valence-electron chi connectivity index (χ4n) is 2.53. The summed E-state index contributed by atoms with van der Waals surface area (Å²) in [5, 5.41) is 0. The number of hydrogen-bond acceptors (Lipinski definition) is 3. The fraction of sp³-hybridized carbons (Fsp3) is 0.571. The highest BCUT2D eigenvalue weighted by Gasteiger charge is 2.30. The quantitative estimate of drug-likeness (QED) is 0.828. The predicted octanol–water partition coefficient (Wildman–Crippen LogP) is 2.02. The third-order valence-electron chi connectivity index (χ3n) is 3.40. The van der Waals surface area contributed by atoms with Gasteiger partial charge in [-0.1, -0.05) is 0 Å². The summed E-state index contributed by atoms with van der Waals surface area (Å²) in [6, 6.07) is 4.07. The number of carbonyl (C=O) groups excluding carboxylic acids is 2. The van der Waals surface area contributed by atoms with Crippen molar-refractivity contribution in [2.75, 3.05) is 13.2 Å². The lowest BCUT2D eigenvalue weighted by molar-refractivity contribution is -0.145. The molecule has 0 aliphatic carbocycles. The number of carbonyl (C=O) groups is 2. The average molecular weight is 264 g/mol. The van der Waals surface area contributed by atoms with Crippen molar-refractivity contribution >= 4 is 11.9 Å². The Balaban J connectivity index is 1.89. The van der Waals surface area contributed by atoms with Gasteiger partial charge in [0.15, 0.2) is 0 Å². The zero-order valence-corrected chi connectivity index (χ0v) is 11.2. The first kappa shape index (κ1) is 13.6. The van der Waals surface area contributed by atoms with Crippen LogP contribution in [0.15, 0.2) is 18.3 Å². The van der Waals surface area contributed by atoms with Crippen LogP contribution in [0, 0.1) is 0 Å². The molecular weight excluding hydrogens is 244 g/mol. The van der Waals surface area contributed by atoms with Crippen LogP contribution in [-0.4, -0.2) is 34.9 Å². The van der Waals surface area contributed by atoms with E-state index in [1.54, 1.807) is 6.92 Å². The molecular formula is C14H20N2O3. The van der Waals surface area contributed by atoms with Crippen molar-refractivity contribution < 1.29 is 14.3 Å². The first-order valence-corrected chi connectivity index (χ1v) is 6.80. The molecule has 0 spiro atoms. The summed E-state index contributed by atoms with van der Waals surface area (Å²) in [4.78, 5) is 28.5. The summed E-state index contributed by atoms with van der Waals surface area (Å²) < 4.78 is 4.84. The lowest BCUT2D eigenvalue weighted by atomic mass is 10.1. The van der Waals surface area contributed by atoms with Crippen LogP contribution < -0.4 is 0 Å². The Bertz CT molecular complexity index is 428. The van der Waals surface area contributed by atoms with Crippen LogP contribution in [0.4, 0.5) is 0 Å². The van der Waals surface area contributed by atoms with Gasteiger partial charge < -0.3 is 14.6 Å². The number of nitrogens with one attached hydrogen (secondary N) is 1. The Morgan fingerprint density at radius 3 is 3.00 bits per heavy atom. The van der Waals surface area contributed by atoms with Gasteiger partial charge in [0, 0.05) is 24.9 Å². The Morgan fingerprint density at radius 1 is 1.47 bits per heavy atom. The molecule has 0 radical (unpaired) electrons. The van der Waals surface area contributed by atoms with E-state index in [2.05, 4.69) is 4.98 Å². The molecule has 1 atom stereocenters. The molecule has 5 heteroatoms. The molecule has 1 aliphatic heterocycles. The Labute approximate surface area is 112 Å². The first-order chi connectivity index (χ1) is 9.22. The molecule has 1 saturated heterocycles. The standard InChI is InChI=1S/C14H20N2O3/c1-2-19-14(18)8-7-13(17)16-10-4-6-12(16)11-5-3-9-15-11/h3,5,9,12,15H,2,4,6-8,10H2,1H3. The number of nitrogens with zero attached hydrogens (tertiary/aromatic N) is 1. The number of ether oxygens (including phenoxy) is 1. The molecule has 2 heterocycles. The van der Waals surface area contributed by atoms with Gasteiger partial charge in [-0.05, 0) is 31.9 Å². The van der Waals surface area contributed by atoms with Crippen molar-refractivity contribution in [3.63, 3.8) is 0 Å². The number of esters is 1. The maximum absolute atomic E-state index is 12.2. The molecule has 1 amide bonds. The maximum atomic E-state index is 12.2. The van der Waals surface area contributed by atoms with Gasteiger partial charge in [0.2, 0.25) is 5.91 Å². The van der Waals surface area contributed by atoms with Crippen LogP contribution in [0.5, 0.6) is 0 Å². The molecule has 0 bridgehead atoms. The summed E-state index contributed by atoms with van der Waals surface area (Å²) in [5.41, 5.74) is 1.07. The number of hydrogen-bond donors (Lipinski definition) is 1. The second kappa shape index (κ2) is 6.41. The summed E-state index contributed by atoms with van der Waals surface area (Å²) in [6.07, 6.45) is 4.26. The van der Waals surface area contributed by atoms with Gasteiger partial charge in [-0.25, -0.2) is 0 Å². The van der Waals surface area contributed by atoms with Crippen molar-refractivity contribution in [3.05, 3.63) is 24.0 Å². The SMILES string of the molecule is CCOC(=O)CCC(=O)N1CCCC1c1ccc[nH]1. The number of aromatic amines is 1. The molecule has 1 aliphatic rings. The van der Waals surface area contributed by atoms with E-state index >= 15 is 0 Å². The van der Waals surface area contributed by atoms with Crippen molar-refractivity contribution in [3.8, 4) is 0 Å². The van der Waals surface area contributed by atoms with Crippen LogP contribution in [-0.2, 0) is 14.3 Å². The Kier molecular flexibility index (Phi) is 4.60. The predicted molar refractivity (Wildman–Crippen MR) is 70.3 cm³/mol. The lowest BCUT2D eigenvalue weighted by Gasteiger charge is -2.24. The number of rotatable bonds is 5. The minimum Gasteiger partial charge on any atom is -0.466 e. The molecule has 1 aromatic rings. The van der Waals surface area contributed by atoms with Gasteiger partial charge in [-0.2, -0.15) is 0 Å². The highest BCUT2D eigenvalue weighted by molar-refractivity contribution is 5.81. The summed E-state index contributed by atoms with van der Waals surface area (Å²) in [5.74, 6) is -0.267. The summed E-state index contributed by atoms with van der Waals surface area (Å²) in [7, 11) is 0. The van der Waals surface area contributed by atoms with E-state index in [0.29, 0.717) is 6.61 Å². The highest BCUT2D eigenvalue weighted by Crippen LogP contribution is 2.31. The van der Waals surface area contributed by atoms with E-state index in [9.17, 15) is 9.59 Å². The van der Waals surface area contributed by atoms with Gasteiger partial charge in [0.1, 0.15) is 0 Å². The van der Waals surface area contributed by atoms with Gasteiger partial charge in [-0.3, -0.25) is 9.59 Å². The minimum atomic E-state index is -0.300. The molecule has 104 valence electrons. The molecule has 1 unspecified atom stereocenters. The largest absolute Gasteiger partial charge is 0.466 e. The second-order valence-corrected chi connectivity index (χ2v) is 4.68. The van der Waals surface area contributed by atoms with Gasteiger partial charge >= 0.3 is 5.97 Å². The van der Waals surface area contributed by atoms with E-state index in [1.807, 2.05) is 23.2 Å². The maximum Gasteiger partial charge on any atom is 0.306 e. The number of amides is 1. The Morgan fingerprint density at radius 2 is 2.32 bits per heavy atom. The molecule has 2 rings (SSSR count). The van der Waals surface area contributed by atoms with Crippen molar-refractivity contribution in [1.82, 2.24) is 9.88 Å². The summed E-state index contributed by atoms with van der Waals surface area (Å²) >= 11 is 0. The number of aromatic nitrogens is 1. The van der Waals surface area contributed by atoms with E-state index in [1.165, 1.54) is 0 Å². The fourth-order valence-corrected chi connectivity index (χ4v) is 2.53. The normalized spacial score (nSPS) is 18.6. The van der Waals surface area contributed by atoms with Gasteiger partial charge in [-0.15, -0.1) is 0 Å². The second-order valence-electron chi connectivity index (χ2n) is 4.68. The molecule has 19 heavy (non-hydrogen) atoms. The van der Waals surface area contributed by atoms with Crippen LogP contribution in [0.1, 0.15) is 44.3 Å². The van der Waals surface area contributed by atoms with E-state index in [0.717, 1.165) is 25.1 Å². The number of likely N-dealkylation sites (tertiary alicyclic amines) is 1. The molecule has 1 N–H and O–H groups in total. The van der Waals surface area contributed by atoms with Crippen molar-refractivity contribution in [1.29, 1.82) is 0 Å². The number of H-pyrrole nitrogens is 1. The minimum absolute atomic E-state index is 0.0325. The topological polar surface area (TPSA) is 62.4 Å². The Hall–Kier alpha value is -1.78. The van der Waals surface area contributed by atoms with Crippen LogP contribution in [0.25, 0.3) is 0 Å². The molecule has 1 fully saturated rings. The third kappa shape index (κ3) is 3.36. The monoisotopic (exact) mass is 264 g/mol. The molecule has 1 aromatic heterocycles. The zero-order chi connectivity index (χ0) is 13.7. The van der Waals surface area contributed by atoms with Crippen molar-refractivity contribution in [2.45, 2.75) is 38.6 Å². The van der Waals surface area contributed by atoms with Gasteiger partial charge in [0.25, 0.3) is 0 Å². The van der Waals surface area contributed by atoms with Crippen molar-refractivity contribution in [2.24, 2.45) is 0 Å². The summed E-state index contributed by atoms with van der Waals surface area (Å²) in [6.45, 7) is 2.90. The van der Waals surface area contributed by atoms with Gasteiger partial charge in [0.05, 0.1) is 19.1 Å². The van der Waals surface area contributed by atoms with Crippen LogP contribution in [0.3, 0.4) is 0 Å². The molecule has 5 nitrogen and oxygen atoms in total. The van der Waals surface area contributed by atoms with E-state index < -0.39 is 0 Å². The van der Waals surface area contributed by atoms with E-state index in [4.69, 9.17) is 4.74 Å². The zero-order valence-electron chi connectivity index (χ0n) is 11.2. The highest BCUT2D eigenvalue weighted by atomic mass is 16.5. The first-order valence-electron chi connectivity index (χ1n) is 6.80. The third-order valence-corrected chi connectivity index (χ3v) is 3.40. The van der Waals surface area contributed by atoms with Crippen LogP contribution in [0.2, 0.25) is 0 Å². The molecule has 0 aromatic carbocycles. The van der Waals surface area contributed by atoms with E-state index in [-0.39, 0.29) is 30.8 Å². The molecule has 0 saturated carbocycles. The van der Waals surface area contributed by atoms with Crippen LogP contribution >= 0.6 is 0 Å². The smallest absolute Gasteiger partial charge is 0.306 e.